The van der Waals surface area contributed by atoms with Crippen molar-refractivity contribution in [1.29, 1.82) is 0 Å². The average Bonchev–Trinajstić information content (AvgIpc) is 3.18. The van der Waals surface area contributed by atoms with Gasteiger partial charge in [0.05, 0.1) is 11.5 Å². The van der Waals surface area contributed by atoms with Crippen LogP contribution in [0.1, 0.15) is 17.5 Å². The highest BCUT2D eigenvalue weighted by Gasteiger charge is 2.34. The summed E-state index contributed by atoms with van der Waals surface area (Å²) in [6, 6.07) is 16.0. The maximum atomic E-state index is 12.9. The van der Waals surface area contributed by atoms with Crippen LogP contribution in [-0.4, -0.2) is 56.0 Å². The standard InChI is InChI=1S/C25H27NO6S/c1-2-15-31-23-11-8-20(9-12-23)10-13-25(28)32-18-24(27)26(17-21-6-4-3-5-7-21)22-14-16-33(29,30)19-22/h2-13,22H,1,14-19H2/b13-10+/t22-/m1/s1. The second-order valence-corrected chi connectivity index (χ2v) is 9.90. The van der Waals surface area contributed by atoms with Gasteiger partial charge in [0.2, 0.25) is 0 Å². The third-order valence-electron chi connectivity index (χ3n) is 5.16. The number of hydrogen-bond donors (Lipinski definition) is 0. The molecule has 1 heterocycles. The zero-order chi connectivity index (χ0) is 23.7. The van der Waals surface area contributed by atoms with E-state index in [1.165, 1.54) is 11.0 Å². The molecular formula is C25H27NO6S. The van der Waals surface area contributed by atoms with Crippen molar-refractivity contribution in [2.24, 2.45) is 0 Å². The van der Waals surface area contributed by atoms with E-state index in [9.17, 15) is 18.0 Å². The molecule has 1 aliphatic heterocycles. The molecule has 7 nitrogen and oxygen atoms in total. The van der Waals surface area contributed by atoms with Crippen molar-refractivity contribution in [1.82, 2.24) is 4.90 Å². The Hall–Kier alpha value is -3.39. The molecule has 0 N–H and O–H groups in total. The molecule has 0 spiro atoms. The molecule has 1 fully saturated rings. The van der Waals surface area contributed by atoms with E-state index in [4.69, 9.17) is 9.47 Å². The molecule has 1 saturated heterocycles. The van der Waals surface area contributed by atoms with E-state index >= 15 is 0 Å². The van der Waals surface area contributed by atoms with Crippen LogP contribution in [0.25, 0.3) is 6.08 Å². The third-order valence-corrected chi connectivity index (χ3v) is 6.91. The molecule has 0 saturated carbocycles. The lowest BCUT2D eigenvalue weighted by atomic mass is 10.1. The quantitative estimate of drug-likeness (QED) is 0.302. The number of hydrogen-bond acceptors (Lipinski definition) is 6. The van der Waals surface area contributed by atoms with Gasteiger partial charge in [-0.3, -0.25) is 4.79 Å². The molecule has 1 amide bonds. The van der Waals surface area contributed by atoms with Gasteiger partial charge in [0.15, 0.2) is 16.4 Å². The predicted molar refractivity (Wildman–Crippen MR) is 126 cm³/mol. The van der Waals surface area contributed by atoms with Gasteiger partial charge in [-0.05, 0) is 35.8 Å². The van der Waals surface area contributed by atoms with Crippen molar-refractivity contribution in [3.63, 3.8) is 0 Å². The number of carbonyl (C=O) groups is 2. The van der Waals surface area contributed by atoms with Crippen molar-refractivity contribution >= 4 is 27.8 Å². The van der Waals surface area contributed by atoms with Crippen molar-refractivity contribution in [3.05, 3.63) is 84.5 Å². The molecule has 0 aliphatic carbocycles. The van der Waals surface area contributed by atoms with Gasteiger partial charge >= 0.3 is 5.97 Å². The molecule has 2 aromatic rings. The molecule has 2 aromatic carbocycles. The van der Waals surface area contributed by atoms with Crippen molar-refractivity contribution in [3.8, 4) is 5.75 Å². The van der Waals surface area contributed by atoms with E-state index < -0.39 is 34.4 Å². The van der Waals surface area contributed by atoms with Gasteiger partial charge in [0.1, 0.15) is 12.4 Å². The number of rotatable bonds is 10. The van der Waals surface area contributed by atoms with Gasteiger partial charge in [-0.1, -0.05) is 55.1 Å². The first-order valence-corrected chi connectivity index (χ1v) is 12.4. The first kappa shape index (κ1) is 24.3. The fraction of sp³-hybridized carbons (Fsp3) is 0.280. The fourth-order valence-corrected chi connectivity index (χ4v) is 5.21. The molecule has 0 bridgehead atoms. The van der Waals surface area contributed by atoms with E-state index in [-0.39, 0.29) is 18.1 Å². The molecule has 33 heavy (non-hydrogen) atoms. The Bertz CT molecular complexity index is 1090. The lowest BCUT2D eigenvalue weighted by Crippen LogP contribution is -2.42. The van der Waals surface area contributed by atoms with Crippen molar-refractivity contribution in [2.75, 3.05) is 24.7 Å². The largest absolute Gasteiger partial charge is 0.490 e. The Kier molecular flexibility index (Phi) is 8.43. The Balaban J connectivity index is 1.57. The molecule has 0 unspecified atom stereocenters. The summed E-state index contributed by atoms with van der Waals surface area (Å²) in [5, 5.41) is 0. The van der Waals surface area contributed by atoms with Crippen molar-refractivity contribution < 1.29 is 27.5 Å². The molecular weight excluding hydrogens is 442 g/mol. The summed E-state index contributed by atoms with van der Waals surface area (Å²) < 4.78 is 34.4. The minimum Gasteiger partial charge on any atom is -0.490 e. The number of esters is 1. The normalized spacial score (nSPS) is 16.9. The molecule has 8 heteroatoms. The lowest BCUT2D eigenvalue weighted by molar-refractivity contribution is -0.149. The highest BCUT2D eigenvalue weighted by Crippen LogP contribution is 2.20. The first-order valence-electron chi connectivity index (χ1n) is 10.6. The SMILES string of the molecule is C=CCOc1ccc(/C=C/C(=O)OCC(=O)N(Cc2ccccc2)[C@@H]2CCS(=O)(=O)C2)cc1. The maximum Gasteiger partial charge on any atom is 0.331 e. The predicted octanol–water partition coefficient (Wildman–Crippen LogP) is 3.02. The summed E-state index contributed by atoms with van der Waals surface area (Å²) in [6.07, 6.45) is 4.85. The monoisotopic (exact) mass is 469 g/mol. The fourth-order valence-electron chi connectivity index (χ4n) is 3.48. The Morgan fingerprint density at radius 3 is 2.45 bits per heavy atom. The second-order valence-electron chi connectivity index (χ2n) is 7.67. The molecule has 0 aromatic heterocycles. The third kappa shape index (κ3) is 7.61. The number of benzene rings is 2. The van der Waals surface area contributed by atoms with E-state index in [0.29, 0.717) is 18.8 Å². The first-order chi connectivity index (χ1) is 15.9. The number of nitrogens with zero attached hydrogens (tertiary/aromatic N) is 1. The van der Waals surface area contributed by atoms with Crippen LogP contribution in [0, 0.1) is 0 Å². The van der Waals surface area contributed by atoms with Crippen LogP contribution in [0.3, 0.4) is 0 Å². The number of carbonyl (C=O) groups excluding carboxylic acids is 2. The molecule has 1 aliphatic rings. The van der Waals surface area contributed by atoms with Crippen LogP contribution in [-0.2, 0) is 30.7 Å². The smallest absolute Gasteiger partial charge is 0.331 e. The van der Waals surface area contributed by atoms with Crippen molar-refractivity contribution in [2.45, 2.75) is 19.0 Å². The topological polar surface area (TPSA) is 90.0 Å². The summed E-state index contributed by atoms with van der Waals surface area (Å²) in [4.78, 5) is 26.5. The van der Waals surface area contributed by atoms with Gasteiger partial charge in [0.25, 0.3) is 5.91 Å². The number of sulfone groups is 1. The van der Waals surface area contributed by atoms with E-state index in [0.717, 1.165) is 11.1 Å². The maximum absolute atomic E-state index is 12.9. The minimum absolute atomic E-state index is 0.0518. The van der Waals surface area contributed by atoms with Crippen LogP contribution in [0.4, 0.5) is 0 Å². The van der Waals surface area contributed by atoms with E-state index in [1.807, 2.05) is 30.3 Å². The van der Waals surface area contributed by atoms with Gasteiger partial charge in [-0.2, -0.15) is 0 Å². The average molecular weight is 470 g/mol. The van der Waals surface area contributed by atoms with Crippen LogP contribution in [0.15, 0.2) is 73.3 Å². The summed E-state index contributed by atoms with van der Waals surface area (Å²) in [6.45, 7) is 3.80. The second kappa shape index (κ2) is 11.5. The van der Waals surface area contributed by atoms with E-state index in [1.54, 1.807) is 36.4 Å². The molecule has 1 atom stereocenters. The number of amides is 1. The Morgan fingerprint density at radius 1 is 1.09 bits per heavy atom. The van der Waals surface area contributed by atoms with Crippen LogP contribution < -0.4 is 4.74 Å². The lowest BCUT2D eigenvalue weighted by Gasteiger charge is -2.28. The Morgan fingerprint density at radius 2 is 1.82 bits per heavy atom. The van der Waals surface area contributed by atoms with Gasteiger partial charge in [-0.25, -0.2) is 13.2 Å². The van der Waals surface area contributed by atoms with Gasteiger partial charge in [0, 0.05) is 18.7 Å². The van der Waals surface area contributed by atoms with Gasteiger partial charge in [-0.15, -0.1) is 0 Å². The molecule has 3 rings (SSSR count). The highest BCUT2D eigenvalue weighted by molar-refractivity contribution is 7.91. The summed E-state index contributed by atoms with van der Waals surface area (Å²) in [7, 11) is -3.17. The highest BCUT2D eigenvalue weighted by atomic mass is 32.2. The van der Waals surface area contributed by atoms with Crippen LogP contribution in [0.2, 0.25) is 0 Å². The number of ether oxygens (including phenoxy) is 2. The molecule has 0 radical (unpaired) electrons. The molecule has 174 valence electrons. The summed E-state index contributed by atoms with van der Waals surface area (Å²) >= 11 is 0. The van der Waals surface area contributed by atoms with Crippen LogP contribution in [0.5, 0.6) is 5.75 Å². The Labute approximate surface area is 194 Å². The minimum atomic E-state index is -3.17. The van der Waals surface area contributed by atoms with Crippen LogP contribution >= 0.6 is 0 Å². The van der Waals surface area contributed by atoms with E-state index in [2.05, 4.69) is 6.58 Å². The summed E-state index contributed by atoms with van der Waals surface area (Å²) in [5.41, 5.74) is 1.65. The summed E-state index contributed by atoms with van der Waals surface area (Å²) in [5.74, 6) is -0.421. The zero-order valence-corrected chi connectivity index (χ0v) is 19.1. The zero-order valence-electron chi connectivity index (χ0n) is 18.3. The van der Waals surface area contributed by atoms with Gasteiger partial charge < -0.3 is 14.4 Å².